The number of aliphatic hydroxyl groups excluding tert-OH is 1. The average Bonchev–Trinajstić information content (AvgIpc) is 2.65. The van der Waals surface area contributed by atoms with E-state index in [4.69, 9.17) is 5.11 Å². The zero-order valence-electron chi connectivity index (χ0n) is 14.9. The summed E-state index contributed by atoms with van der Waals surface area (Å²) in [5, 5.41) is 11.9. The first kappa shape index (κ1) is 18.1. The number of carbonyl (C=O) groups excluding carboxylic acids is 1. The molecule has 0 unspecified atom stereocenters. The molecule has 0 radical (unpaired) electrons. The number of anilines is 2. The summed E-state index contributed by atoms with van der Waals surface area (Å²) in [6.45, 7) is 6.98. The van der Waals surface area contributed by atoms with E-state index in [1.165, 1.54) is 19.3 Å². The molecule has 0 aliphatic carbocycles. The van der Waals surface area contributed by atoms with E-state index in [1.54, 1.807) is 6.20 Å². The first-order valence-corrected chi connectivity index (χ1v) is 9.31. The number of hydrogen-bond donors (Lipinski definition) is 2. The molecular weight excluding hydrogens is 318 g/mol. The number of piperazine rings is 1. The highest BCUT2D eigenvalue weighted by molar-refractivity contribution is 5.92. The largest absolute Gasteiger partial charge is 0.395 e. The lowest BCUT2D eigenvalue weighted by Gasteiger charge is -2.33. The second kappa shape index (κ2) is 9.12. The number of nitrogens with zero attached hydrogens (tertiary/aromatic N) is 4. The molecule has 7 heteroatoms. The third kappa shape index (κ3) is 5.39. The third-order valence-electron chi connectivity index (χ3n) is 4.96. The van der Waals surface area contributed by atoms with E-state index in [1.807, 2.05) is 12.1 Å². The van der Waals surface area contributed by atoms with Crippen molar-refractivity contribution in [3.8, 4) is 0 Å². The number of amides is 1. The molecule has 2 N–H and O–H groups in total. The lowest BCUT2D eigenvalue weighted by Crippen LogP contribution is -2.49. The minimum absolute atomic E-state index is 0.00290. The number of hydrogen-bond acceptors (Lipinski definition) is 6. The van der Waals surface area contributed by atoms with Gasteiger partial charge in [0.05, 0.1) is 25.0 Å². The first-order valence-electron chi connectivity index (χ1n) is 9.31. The number of pyridine rings is 1. The van der Waals surface area contributed by atoms with Gasteiger partial charge in [-0.3, -0.25) is 14.6 Å². The normalized spacial score (nSPS) is 19.8. The van der Waals surface area contributed by atoms with Gasteiger partial charge in [-0.25, -0.2) is 4.98 Å². The summed E-state index contributed by atoms with van der Waals surface area (Å²) in [5.41, 5.74) is 0.754. The van der Waals surface area contributed by atoms with Gasteiger partial charge in [-0.1, -0.05) is 0 Å². The van der Waals surface area contributed by atoms with Crippen LogP contribution in [-0.4, -0.2) is 84.8 Å². The van der Waals surface area contributed by atoms with Crippen LogP contribution in [0.25, 0.3) is 0 Å². The molecule has 25 heavy (non-hydrogen) atoms. The molecule has 2 saturated heterocycles. The number of aromatic nitrogens is 1. The molecule has 2 aliphatic rings. The lowest BCUT2D eigenvalue weighted by molar-refractivity contribution is -0.117. The van der Waals surface area contributed by atoms with Crippen LogP contribution in [0.15, 0.2) is 18.3 Å². The minimum atomic E-state index is 0.00290. The van der Waals surface area contributed by atoms with Crippen LogP contribution in [0.1, 0.15) is 19.3 Å². The molecule has 1 amide bonds. The van der Waals surface area contributed by atoms with Gasteiger partial charge in [-0.05, 0) is 31.4 Å². The Morgan fingerprint density at radius 2 is 1.76 bits per heavy atom. The Balaban J connectivity index is 1.43. The van der Waals surface area contributed by atoms with Gasteiger partial charge in [0.1, 0.15) is 5.82 Å². The molecule has 0 aromatic carbocycles. The van der Waals surface area contributed by atoms with Crippen molar-refractivity contribution in [2.45, 2.75) is 19.3 Å². The fraction of sp³-hybridized carbons (Fsp3) is 0.667. The molecule has 2 aliphatic heterocycles. The molecule has 1 aromatic heterocycles. The van der Waals surface area contributed by atoms with E-state index in [0.29, 0.717) is 6.54 Å². The summed E-state index contributed by atoms with van der Waals surface area (Å²) < 4.78 is 0. The van der Waals surface area contributed by atoms with Crippen LogP contribution >= 0.6 is 0 Å². The molecule has 2 fully saturated rings. The summed E-state index contributed by atoms with van der Waals surface area (Å²) in [5.74, 6) is 1.00. The Labute approximate surface area is 149 Å². The van der Waals surface area contributed by atoms with Crippen molar-refractivity contribution in [2.75, 3.05) is 69.2 Å². The van der Waals surface area contributed by atoms with Crippen molar-refractivity contribution in [1.82, 2.24) is 14.8 Å². The van der Waals surface area contributed by atoms with Crippen LogP contribution in [0.5, 0.6) is 0 Å². The molecule has 138 valence electrons. The van der Waals surface area contributed by atoms with Crippen molar-refractivity contribution >= 4 is 17.4 Å². The summed E-state index contributed by atoms with van der Waals surface area (Å²) in [6.07, 6.45) is 5.51. The first-order chi connectivity index (χ1) is 12.2. The second-order valence-corrected chi connectivity index (χ2v) is 6.84. The van der Waals surface area contributed by atoms with E-state index < -0.39 is 0 Å². The van der Waals surface area contributed by atoms with Crippen molar-refractivity contribution < 1.29 is 9.90 Å². The van der Waals surface area contributed by atoms with Gasteiger partial charge in [0.2, 0.25) is 5.91 Å². The lowest BCUT2D eigenvalue weighted by atomic mass is 10.1. The molecule has 3 rings (SSSR count). The molecule has 1 aromatic rings. The summed E-state index contributed by atoms with van der Waals surface area (Å²) in [6, 6.07) is 3.93. The van der Waals surface area contributed by atoms with Gasteiger partial charge in [0.25, 0.3) is 0 Å². The number of carbonyl (C=O) groups is 1. The van der Waals surface area contributed by atoms with Gasteiger partial charge in [0.15, 0.2) is 0 Å². The van der Waals surface area contributed by atoms with E-state index >= 15 is 0 Å². The molecule has 0 saturated carbocycles. The van der Waals surface area contributed by atoms with Crippen LogP contribution in [-0.2, 0) is 4.79 Å². The molecule has 0 bridgehead atoms. The zero-order valence-corrected chi connectivity index (χ0v) is 14.9. The quantitative estimate of drug-likeness (QED) is 0.786. The topological polar surface area (TPSA) is 71.9 Å². The van der Waals surface area contributed by atoms with Crippen LogP contribution in [0.2, 0.25) is 0 Å². The molecule has 0 spiro atoms. The highest BCUT2D eigenvalue weighted by atomic mass is 16.3. The summed E-state index contributed by atoms with van der Waals surface area (Å²) in [7, 11) is 0. The number of nitrogens with one attached hydrogen (secondary N) is 1. The highest BCUT2D eigenvalue weighted by Gasteiger charge is 2.18. The van der Waals surface area contributed by atoms with Crippen molar-refractivity contribution in [3.05, 3.63) is 18.3 Å². The smallest absolute Gasteiger partial charge is 0.238 e. The monoisotopic (exact) mass is 347 g/mol. The predicted octanol–water partition coefficient (Wildman–Crippen LogP) is 0.620. The Kier molecular flexibility index (Phi) is 6.61. The molecule has 7 nitrogen and oxygen atoms in total. The van der Waals surface area contributed by atoms with Crippen LogP contribution < -0.4 is 10.2 Å². The minimum Gasteiger partial charge on any atom is -0.395 e. The molecular formula is C18H29N5O2. The van der Waals surface area contributed by atoms with Gasteiger partial charge in [-0.2, -0.15) is 0 Å². The van der Waals surface area contributed by atoms with Crippen molar-refractivity contribution in [1.29, 1.82) is 0 Å². The average molecular weight is 347 g/mol. The summed E-state index contributed by atoms with van der Waals surface area (Å²) in [4.78, 5) is 23.4. The van der Waals surface area contributed by atoms with Gasteiger partial charge >= 0.3 is 0 Å². The van der Waals surface area contributed by atoms with E-state index in [9.17, 15) is 4.79 Å². The van der Waals surface area contributed by atoms with Gasteiger partial charge in [-0.15, -0.1) is 0 Å². The zero-order chi connectivity index (χ0) is 17.5. The Hall–Kier alpha value is -1.70. The fourth-order valence-electron chi connectivity index (χ4n) is 3.49. The third-order valence-corrected chi connectivity index (χ3v) is 4.96. The fourth-order valence-corrected chi connectivity index (χ4v) is 3.49. The Morgan fingerprint density at radius 1 is 1.04 bits per heavy atom. The number of β-amino-alcohol motifs (C(OH)–C–C–N with tert-alkyl or cyclic N) is 1. The van der Waals surface area contributed by atoms with Crippen molar-refractivity contribution in [3.63, 3.8) is 0 Å². The maximum atomic E-state index is 12.2. The number of aliphatic hydroxyl groups is 1. The standard InChI is InChI=1S/C18H29N5O2/c24-13-12-21-8-10-22(11-9-21)15-18(25)20-16-4-5-17(19-14-16)23-6-2-1-3-7-23/h4-5,14,24H,1-3,6-13,15H2,(H,20,25). The maximum absolute atomic E-state index is 12.2. The second-order valence-electron chi connectivity index (χ2n) is 6.84. The van der Waals surface area contributed by atoms with Crippen LogP contribution in [0.4, 0.5) is 11.5 Å². The maximum Gasteiger partial charge on any atom is 0.238 e. The molecule has 0 atom stereocenters. The highest BCUT2D eigenvalue weighted by Crippen LogP contribution is 2.18. The van der Waals surface area contributed by atoms with Crippen LogP contribution in [0.3, 0.4) is 0 Å². The van der Waals surface area contributed by atoms with E-state index in [0.717, 1.165) is 57.3 Å². The van der Waals surface area contributed by atoms with Gasteiger partial charge in [0, 0.05) is 45.8 Å². The SMILES string of the molecule is O=C(CN1CCN(CCO)CC1)Nc1ccc(N2CCCCC2)nc1. The number of rotatable bonds is 6. The van der Waals surface area contributed by atoms with Gasteiger partial charge < -0.3 is 15.3 Å². The Morgan fingerprint density at radius 3 is 2.40 bits per heavy atom. The number of piperidine rings is 1. The predicted molar refractivity (Wildman–Crippen MR) is 98.9 cm³/mol. The van der Waals surface area contributed by atoms with E-state index in [2.05, 4.69) is 25.0 Å². The molecule has 3 heterocycles. The van der Waals surface area contributed by atoms with Crippen LogP contribution in [0, 0.1) is 0 Å². The van der Waals surface area contributed by atoms with Crippen molar-refractivity contribution in [2.24, 2.45) is 0 Å². The summed E-state index contributed by atoms with van der Waals surface area (Å²) >= 11 is 0. The Bertz CT molecular complexity index is 537. The van der Waals surface area contributed by atoms with E-state index in [-0.39, 0.29) is 12.5 Å².